The van der Waals surface area contributed by atoms with Gasteiger partial charge in [-0.3, -0.25) is 0 Å². The molecule has 1 saturated carbocycles. The summed E-state index contributed by atoms with van der Waals surface area (Å²) in [5.41, 5.74) is 0.344. The highest BCUT2D eigenvalue weighted by atomic mass is 32.1. The second-order valence-corrected chi connectivity index (χ2v) is 6.47. The third kappa shape index (κ3) is 3.34. The maximum atomic E-state index is 12.4. The Labute approximate surface area is 108 Å². The van der Waals surface area contributed by atoms with Crippen LogP contribution in [-0.2, 0) is 6.18 Å². The van der Waals surface area contributed by atoms with Crippen LogP contribution in [0, 0.1) is 5.41 Å². The number of nitrogens with zero attached hydrogens (tertiary/aromatic N) is 2. The Kier molecular flexibility index (Phi) is 3.53. The lowest BCUT2D eigenvalue weighted by atomic mass is 9.76. The minimum atomic E-state index is -4.40. The van der Waals surface area contributed by atoms with E-state index >= 15 is 0 Å². The van der Waals surface area contributed by atoms with Gasteiger partial charge in [0.05, 0.1) is 0 Å². The van der Waals surface area contributed by atoms with Crippen LogP contribution in [0.5, 0.6) is 0 Å². The minimum absolute atomic E-state index is 0.215. The summed E-state index contributed by atoms with van der Waals surface area (Å²) in [6.45, 7) is 4.44. The van der Waals surface area contributed by atoms with Gasteiger partial charge in [0.25, 0.3) is 0 Å². The van der Waals surface area contributed by atoms with E-state index in [0.29, 0.717) is 16.8 Å². The Hall–Kier alpha value is -0.850. The van der Waals surface area contributed by atoms with Gasteiger partial charge in [-0.15, -0.1) is 10.2 Å². The molecule has 1 aliphatic carbocycles. The van der Waals surface area contributed by atoms with Crippen LogP contribution in [0.3, 0.4) is 0 Å². The summed E-state index contributed by atoms with van der Waals surface area (Å²) in [5, 5.41) is 9.15. The molecule has 0 amide bonds. The van der Waals surface area contributed by atoms with Gasteiger partial charge in [0, 0.05) is 6.04 Å². The first-order valence-corrected chi connectivity index (χ1v) is 6.75. The molecule has 1 N–H and O–H groups in total. The van der Waals surface area contributed by atoms with E-state index in [-0.39, 0.29) is 11.2 Å². The standard InChI is InChI=1S/C11H16F3N3S/c1-10(2)5-3-7(4-6-10)15-9-17-16-8(18-9)11(12,13)14/h7H,3-6H2,1-2H3,(H,15,17). The van der Waals surface area contributed by atoms with E-state index in [1.807, 2.05) is 0 Å². The van der Waals surface area contributed by atoms with E-state index in [4.69, 9.17) is 0 Å². The average Bonchev–Trinajstić information content (AvgIpc) is 2.69. The maximum absolute atomic E-state index is 12.4. The molecule has 0 radical (unpaired) electrons. The summed E-state index contributed by atoms with van der Waals surface area (Å²) in [7, 11) is 0. The van der Waals surface area contributed by atoms with Crippen molar-refractivity contribution in [1.82, 2.24) is 10.2 Å². The lowest BCUT2D eigenvalue weighted by molar-refractivity contribution is -0.138. The molecule has 102 valence electrons. The fourth-order valence-corrected chi connectivity index (χ4v) is 2.80. The molecular weight excluding hydrogens is 263 g/mol. The van der Waals surface area contributed by atoms with Crippen LogP contribution in [0.4, 0.5) is 18.3 Å². The average molecular weight is 279 g/mol. The van der Waals surface area contributed by atoms with Gasteiger partial charge >= 0.3 is 6.18 Å². The number of aromatic nitrogens is 2. The summed E-state index contributed by atoms with van der Waals surface area (Å²) < 4.78 is 37.1. The molecule has 1 fully saturated rings. The van der Waals surface area contributed by atoms with Gasteiger partial charge in [-0.2, -0.15) is 13.2 Å². The van der Waals surface area contributed by atoms with Crippen molar-refractivity contribution in [1.29, 1.82) is 0 Å². The molecule has 18 heavy (non-hydrogen) atoms. The smallest absolute Gasteiger partial charge is 0.357 e. The third-order valence-electron chi connectivity index (χ3n) is 3.33. The van der Waals surface area contributed by atoms with Crippen molar-refractivity contribution < 1.29 is 13.2 Å². The second-order valence-electron chi connectivity index (χ2n) is 5.49. The molecule has 2 rings (SSSR count). The fraction of sp³-hybridized carbons (Fsp3) is 0.818. The fourth-order valence-electron chi connectivity index (χ4n) is 2.11. The van der Waals surface area contributed by atoms with Crippen LogP contribution < -0.4 is 5.32 Å². The van der Waals surface area contributed by atoms with Gasteiger partial charge in [0.2, 0.25) is 10.1 Å². The van der Waals surface area contributed by atoms with Gasteiger partial charge in [0.1, 0.15) is 0 Å². The predicted octanol–water partition coefficient (Wildman–Crippen LogP) is 3.94. The number of alkyl halides is 3. The van der Waals surface area contributed by atoms with Crippen LogP contribution in [-0.4, -0.2) is 16.2 Å². The number of halogens is 3. The number of nitrogens with one attached hydrogen (secondary N) is 1. The summed E-state index contributed by atoms with van der Waals surface area (Å²) in [6.07, 6.45) is -0.306. The van der Waals surface area contributed by atoms with Crippen LogP contribution in [0.15, 0.2) is 0 Å². The molecular formula is C11H16F3N3S. The van der Waals surface area contributed by atoms with Crippen molar-refractivity contribution in [2.24, 2.45) is 5.41 Å². The Morgan fingerprint density at radius 3 is 2.33 bits per heavy atom. The molecule has 0 saturated heterocycles. The summed E-state index contributed by atoms with van der Waals surface area (Å²) in [5.74, 6) is 0. The van der Waals surface area contributed by atoms with Crippen LogP contribution in [0.2, 0.25) is 0 Å². The van der Waals surface area contributed by atoms with Crippen LogP contribution in [0.1, 0.15) is 44.5 Å². The van der Waals surface area contributed by atoms with Crippen LogP contribution in [0.25, 0.3) is 0 Å². The molecule has 7 heteroatoms. The first-order chi connectivity index (χ1) is 8.26. The quantitative estimate of drug-likeness (QED) is 0.891. The Bertz CT molecular complexity index is 404. The summed E-state index contributed by atoms with van der Waals surface area (Å²) in [6, 6.07) is 0.215. The normalized spacial score (nSPS) is 20.9. The van der Waals surface area contributed by atoms with Gasteiger partial charge in [0.15, 0.2) is 0 Å². The number of hydrogen-bond acceptors (Lipinski definition) is 4. The lowest BCUT2D eigenvalue weighted by Gasteiger charge is -2.34. The molecule has 1 aromatic rings. The van der Waals surface area contributed by atoms with Crippen molar-refractivity contribution in [3.05, 3.63) is 5.01 Å². The van der Waals surface area contributed by atoms with E-state index in [1.165, 1.54) is 0 Å². The number of anilines is 1. The van der Waals surface area contributed by atoms with E-state index in [1.54, 1.807) is 0 Å². The van der Waals surface area contributed by atoms with Crippen molar-refractivity contribution in [2.75, 3.05) is 5.32 Å². The van der Waals surface area contributed by atoms with Gasteiger partial charge in [-0.05, 0) is 31.1 Å². The van der Waals surface area contributed by atoms with Crippen molar-refractivity contribution in [2.45, 2.75) is 51.7 Å². The Morgan fingerprint density at radius 2 is 1.83 bits per heavy atom. The molecule has 0 atom stereocenters. The topological polar surface area (TPSA) is 37.8 Å². The van der Waals surface area contributed by atoms with Crippen molar-refractivity contribution >= 4 is 16.5 Å². The monoisotopic (exact) mass is 279 g/mol. The van der Waals surface area contributed by atoms with E-state index in [9.17, 15) is 13.2 Å². The largest absolute Gasteiger partial charge is 0.445 e. The molecule has 3 nitrogen and oxygen atoms in total. The van der Waals surface area contributed by atoms with Crippen molar-refractivity contribution in [3.8, 4) is 0 Å². The summed E-state index contributed by atoms with van der Waals surface area (Å²) >= 11 is 0.575. The highest BCUT2D eigenvalue weighted by Crippen LogP contribution is 2.37. The molecule has 0 aromatic carbocycles. The second kappa shape index (κ2) is 4.68. The Balaban J connectivity index is 1.93. The number of rotatable bonds is 2. The van der Waals surface area contributed by atoms with Gasteiger partial charge < -0.3 is 5.32 Å². The molecule has 1 aliphatic rings. The minimum Gasteiger partial charge on any atom is -0.357 e. The SMILES string of the molecule is CC1(C)CCC(Nc2nnc(C(F)(F)F)s2)CC1. The van der Waals surface area contributed by atoms with Gasteiger partial charge in [-0.25, -0.2) is 0 Å². The predicted molar refractivity (Wildman–Crippen MR) is 64.6 cm³/mol. The Morgan fingerprint density at radius 1 is 1.22 bits per heavy atom. The first-order valence-electron chi connectivity index (χ1n) is 5.93. The third-order valence-corrected chi connectivity index (χ3v) is 4.23. The lowest BCUT2D eigenvalue weighted by Crippen LogP contribution is -2.29. The molecule has 0 spiro atoms. The molecule has 0 aliphatic heterocycles. The summed E-state index contributed by atoms with van der Waals surface area (Å²) in [4.78, 5) is 0. The zero-order valence-corrected chi connectivity index (χ0v) is 11.2. The zero-order chi connectivity index (χ0) is 13.4. The molecule has 0 unspecified atom stereocenters. The molecule has 1 aromatic heterocycles. The van der Waals surface area contributed by atoms with Crippen LogP contribution >= 0.6 is 11.3 Å². The van der Waals surface area contributed by atoms with Crippen molar-refractivity contribution in [3.63, 3.8) is 0 Å². The van der Waals surface area contributed by atoms with E-state index < -0.39 is 11.2 Å². The van der Waals surface area contributed by atoms with Gasteiger partial charge in [-0.1, -0.05) is 25.2 Å². The van der Waals surface area contributed by atoms with E-state index in [2.05, 4.69) is 29.4 Å². The first kappa shape index (κ1) is 13.6. The highest BCUT2D eigenvalue weighted by Gasteiger charge is 2.36. The zero-order valence-electron chi connectivity index (χ0n) is 10.3. The van der Waals surface area contributed by atoms with E-state index in [0.717, 1.165) is 25.7 Å². The number of hydrogen-bond donors (Lipinski definition) is 1. The maximum Gasteiger partial charge on any atom is 0.445 e. The molecule has 0 bridgehead atoms. The highest BCUT2D eigenvalue weighted by molar-refractivity contribution is 7.15. The molecule has 1 heterocycles.